The van der Waals surface area contributed by atoms with Gasteiger partial charge in [-0.15, -0.1) is 0 Å². The molecule has 1 aliphatic carbocycles. The van der Waals surface area contributed by atoms with Gasteiger partial charge in [0.05, 0.1) is 16.7 Å². The molecule has 0 bridgehead atoms. The van der Waals surface area contributed by atoms with Crippen molar-refractivity contribution in [3.05, 3.63) is 63.9 Å². The van der Waals surface area contributed by atoms with Crippen molar-refractivity contribution in [3.8, 4) is 5.75 Å². The predicted octanol–water partition coefficient (Wildman–Crippen LogP) is 4.89. The third kappa shape index (κ3) is 12.0. The van der Waals surface area contributed by atoms with Crippen LogP contribution in [-0.2, 0) is 20.7 Å². The van der Waals surface area contributed by atoms with Gasteiger partial charge < -0.3 is 24.9 Å². The molecule has 0 amide bonds. The molecule has 0 atom stereocenters. The lowest BCUT2D eigenvalue weighted by Gasteiger charge is -2.53. The van der Waals surface area contributed by atoms with Crippen LogP contribution >= 0.6 is 23.2 Å². The maximum absolute atomic E-state index is 12.5. The van der Waals surface area contributed by atoms with Gasteiger partial charge in [-0.05, 0) is 77.0 Å². The first-order chi connectivity index (χ1) is 16.6. The Balaban J connectivity index is 0.000000265. The Morgan fingerprint density at radius 3 is 1.97 bits per heavy atom. The van der Waals surface area contributed by atoms with Crippen molar-refractivity contribution in [1.82, 2.24) is 10.6 Å². The fourth-order valence-electron chi connectivity index (χ4n) is 3.69. The van der Waals surface area contributed by atoms with E-state index < -0.39 is 0 Å². The number of hydrogen-bond acceptors (Lipinski definition) is 6. The summed E-state index contributed by atoms with van der Waals surface area (Å²) in [6, 6.07) is 11.1. The highest BCUT2D eigenvalue weighted by molar-refractivity contribution is 6.42. The Morgan fingerprint density at radius 2 is 1.49 bits per heavy atom. The van der Waals surface area contributed by atoms with Gasteiger partial charge in [-0.25, -0.2) is 4.39 Å². The number of benzene rings is 2. The minimum absolute atomic E-state index is 0.0258. The van der Waals surface area contributed by atoms with E-state index in [4.69, 9.17) is 32.7 Å². The average Bonchev–Trinajstić information content (AvgIpc) is 2.83. The van der Waals surface area contributed by atoms with E-state index in [1.807, 2.05) is 14.1 Å². The third-order valence-corrected chi connectivity index (χ3v) is 6.35. The van der Waals surface area contributed by atoms with Crippen molar-refractivity contribution in [3.63, 3.8) is 0 Å². The van der Waals surface area contributed by atoms with Gasteiger partial charge in [0.1, 0.15) is 31.1 Å². The lowest BCUT2D eigenvalue weighted by molar-refractivity contribution is -0.112. The highest BCUT2D eigenvalue weighted by atomic mass is 35.5. The van der Waals surface area contributed by atoms with Crippen molar-refractivity contribution in [2.45, 2.75) is 44.2 Å². The van der Waals surface area contributed by atoms with Crippen LogP contribution in [0.4, 0.5) is 4.39 Å². The van der Waals surface area contributed by atoms with Gasteiger partial charge in [-0.1, -0.05) is 35.3 Å². The number of rotatable bonds is 10. The molecule has 2 aromatic rings. The zero-order valence-electron chi connectivity index (χ0n) is 20.7. The summed E-state index contributed by atoms with van der Waals surface area (Å²) < 4.78 is 22.4. The molecular formula is C26H35Cl2FN2O4. The van der Waals surface area contributed by atoms with Crippen LogP contribution < -0.4 is 15.4 Å². The molecule has 0 radical (unpaired) electrons. The Bertz CT molecular complexity index is 893. The molecule has 0 spiro atoms. The molecule has 9 heteroatoms. The Hall–Kier alpha value is -2.03. The second-order valence-electron chi connectivity index (χ2n) is 8.65. The summed E-state index contributed by atoms with van der Waals surface area (Å²) in [6.07, 6.45) is 4.54. The second-order valence-corrected chi connectivity index (χ2v) is 9.46. The lowest BCUT2D eigenvalue weighted by atomic mass is 9.65. The molecule has 0 aromatic heterocycles. The summed E-state index contributed by atoms with van der Waals surface area (Å²) in [6.45, 7) is 5.18. The van der Waals surface area contributed by atoms with E-state index >= 15 is 0 Å². The molecule has 194 valence electrons. The van der Waals surface area contributed by atoms with Crippen molar-refractivity contribution in [2.24, 2.45) is 0 Å². The van der Waals surface area contributed by atoms with Crippen LogP contribution in [0.15, 0.2) is 42.5 Å². The average molecular weight is 529 g/mol. The molecule has 0 heterocycles. The molecule has 2 aromatic carbocycles. The summed E-state index contributed by atoms with van der Waals surface area (Å²) in [7, 11) is 4.07. The summed E-state index contributed by atoms with van der Waals surface area (Å²) in [5.74, 6) is 0.300. The number of ether oxygens (including phenoxy) is 2. The molecule has 6 nitrogen and oxygen atoms in total. The normalized spacial score (nSPS) is 20.3. The van der Waals surface area contributed by atoms with E-state index in [0.717, 1.165) is 5.56 Å². The van der Waals surface area contributed by atoms with Crippen LogP contribution in [-0.4, -0.2) is 57.6 Å². The number of nitrogens with one attached hydrogen (secondary N) is 2. The Morgan fingerprint density at radius 1 is 0.914 bits per heavy atom. The van der Waals surface area contributed by atoms with Gasteiger partial charge in [-0.2, -0.15) is 0 Å². The van der Waals surface area contributed by atoms with E-state index in [0.29, 0.717) is 52.5 Å². The highest BCUT2D eigenvalue weighted by Crippen LogP contribution is 2.39. The lowest BCUT2D eigenvalue weighted by Crippen LogP contribution is -2.65. The van der Waals surface area contributed by atoms with E-state index in [1.54, 1.807) is 30.3 Å². The quantitative estimate of drug-likeness (QED) is 0.337. The third-order valence-electron chi connectivity index (χ3n) is 5.61. The van der Waals surface area contributed by atoms with Crippen LogP contribution in [0.1, 0.15) is 32.3 Å². The van der Waals surface area contributed by atoms with Crippen molar-refractivity contribution >= 4 is 35.8 Å². The maximum atomic E-state index is 12.5. The standard InChI is InChI=1S/C10H11FO2.C8H6Cl2O2.C8H18N2/c11-10-3-1-9(2-4-10)5-7-13-8-6-12;9-7-2-1-6(5-8(7)10)12-4-3-11;1-7(9-3)5-8(2,6-7)10-4/h1-4,6H,5,7-8H2;1-3,5H,4H2;9-10H,5-6H2,1-4H3. The SMILES string of the molecule is CNC1(C)CC(C)(NC)C1.O=CCOCCc1ccc(F)cc1.O=CCOc1ccc(Cl)c(Cl)c1. The van der Waals surface area contributed by atoms with Crippen molar-refractivity contribution in [2.75, 3.05) is 33.9 Å². The first kappa shape index (κ1) is 31.0. The minimum atomic E-state index is -0.238. The summed E-state index contributed by atoms with van der Waals surface area (Å²) in [5, 5.41) is 7.54. The smallest absolute Gasteiger partial charge is 0.157 e. The van der Waals surface area contributed by atoms with Crippen molar-refractivity contribution in [1.29, 1.82) is 0 Å². The zero-order chi connectivity index (χ0) is 26.3. The van der Waals surface area contributed by atoms with Crippen LogP contribution in [0.3, 0.4) is 0 Å². The topological polar surface area (TPSA) is 76.7 Å². The van der Waals surface area contributed by atoms with Crippen LogP contribution in [0.2, 0.25) is 10.0 Å². The molecular weight excluding hydrogens is 494 g/mol. The van der Waals surface area contributed by atoms with Gasteiger partial charge >= 0.3 is 0 Å². The molecule has 0 unspecified atom stereocenters. The monoisotopic (exact) mass is 528 g/mol. The number of halogens is 3. The number of carbonyl (C=O) groups is 2. The first-order valence-electron chi connectivity index (χ1n) is 11.3. The Kier molecular flexibility index (Phi) is 14.0. The Labute approximate surface area is 217 Å². The maximum Gasteiger partial charge on any atom is 0.157 e. The van der Waals surface area contributed by atoms with E-state index in [-0.39, 0.29) is 19.0 Å². The second kappa shape index (κ2) is 15.9. The number of aldehydes is 2. The molecule has 1 aliphatic rings. The van der Waals surface area contributed by atoms with E-state index in [1.165, 1.54) is 25.0 Å². The molecule has 3 rings (SSSR count). The molecule has 0 aliphatic heterocycles. The molecule has 1 saturated carbocycles. The fourth-order valence-corrected chi connectivity index (χ4v) is 3.98. The zero-order valence-corrected chi connectivity index (χ0v) is 22.2. The van der Waals surface area contributed by atoms with E-state index in [9.17, 15) is 14.0 Å². The van der Waals surface area contributed by atoms with E-state index in [2.05, 4.69) is 24.5 Å². The molecule has 2 N–H and O–H groups in total. The first-order valence-corrected chi connectivity index (χ1v) is 12.0. The van der Waals surface area contributed by atoms with Gasteiger partial charge in [-0.3, -0.25) is 4.79 Å². The number of carbonyl (C=O) groups excluding carboxylic acids is 2. The summed E-state index contributed by atoms with van der Waals surface area (Å²) in [5.41, 5.74) is 1.78. The van der Waals surface area contributed by atoms with Gasteiger partial charge in [0.2, 0.25) is 0 Å². The van der Waals surface area contributed by atoms with Crippen LogP contribution in [0.25, 0.3) is 0 Å². The minimum Gasteiger partial charge on any atom is -0.486 e. The van der Waals surface area contributed by atoms with Gasteiger partial charge in [0, 0.05) is 17.1 Å². The summed E-state index contributed by atoms with van der Waals surface area (Å²) >= 11 is 11.4. The number of hydrogen-bond donors (Lipinski definition) is 2. The fraction of sp³-hybridized carbons (Fsp3) is 0.462. The van der Waals surface area contributed by atoms with Crippen LogP contribution in [0, 0.1) is 5.82 Å². The highest BCUT2D eigenvalue weighted by Gasteiger charge is 2.46. The molecule has 1 fully saturated rings. The summed E-state index contributed by atoms with van der Waals surface area (Å²) in [4.78, 5) is 19.8. The van der Waals surface area contributed by atoms with Gasteiger partial charge in [0.15, 0.2) is 6.29 Å². The van der Waals surface area contributed by atoms with Crippen LogP contribution in [0.5, 0.6) is 5.75 Å². The largest absolute Gasteiger partial charge is 0.486 e. The van der Waals surface area contributed by atoms with Gasteiger partial charge in [0.25, 0.3) is 0 Å². The van der Waals surface area contributed by atoms with Crippen molar-refractivity contribution < 1.29 is 23.5 Å². The molecule has 0 saturated heterocycles. The molecule has 35 heavy (non-hydrogen) atoms. The predicted molar refractivity (Wildman–Crippen MR) is 139 cm³/mol.